The Labute approximate surface area is 186 Å². The number of nitrogens with one attached hydrogen (secondary N) is 2. The maximum absolute atomic E-state index is 11.6. The zero-order valence-corrected chi connectivity index (χ0v) is 19.7. The van der Waals surface area contributed by atoms with Crippen LogP contribution >= 0.6 is 24.0 Å². The maximum Gasteiger partial charge on any atom is 0.220 e. The van der Waals surface area contributed by atoms with Gasteiger partial charge in [-0.15, -0.1) is 24.0 Å². The summed E-state index contributed by atoms with van der Waals surface area (Å²) in [4.78, 5) is 18.7. The lowest BCUT2D eigenvalue weighted by molar-refractivity contribution is -0.121. The molecule has 1 aromatic rings. The summed E-state index contributed by atoms with van der Waals surface area (Å²) in [6, 6.07) is 8.24. The molecule has 1 fully saturated rings. The molecule has 0 unspecified atom stereocenters. The van der Waals surface area contributed by atoms with Crippen LogP contribution in [0.3, 0.4) is 0 Å². The van der Waals surface area contributed by atoms with Crippen molar-refractivity contribution >= 4 is 35.8 Å². The van der Waals surface area contributed by atoms with Gasteiger partial charge in [0.2, 0.25) is 5.91 Å². The molecule has 2 rings (SSSR count). The minimum Gasteiger partial charge on any atom is -0.494 e. The molecule has 0 saturated carbocycles. The standard InChI is InChI=1S/C21H34N4O2.HI/c1-4-23-21(25-13-10-18(11-14-25)16-20(26)22-3)24-12-9-17-7-6-8-19(15-17)27-5-2;/h6-8,15,18H,4-5,9-14,16H2,1-3H3,(H,22,26)(H,23,24);1H. The number of hydrogen-bond acceptors (Lipinski definition) is 3. The number of rotatable bonds is 8. The van der Waals surface area contributed by atoms with Gasteiger partial charge in [-0.05, 0) is 56.7 Å². The van der Waals surface area contributed by atoms with Crippen molar-refractivity contribution in [2.45, 2.75) is 39.5 Å². The minimum absolute atomic E-state index is 0. The highest BCUT2D eigenvalue weighted by atomic mass is 127. The Hall–Kier alpha value is -1.51. The van der Waals surface area contributed by atoms with Gasteiger partial charge in [-0.3, -0.25) is 9.79 Å². The molecule has 7 heteroatoms. The van der Waals surface area contributed by atoms with Gasteiger partial charge >= 0.3 is 0 Å². The second-order valence-electron chi connectivity index (χ2n) is 6.87. The Morgan fingerprint density at radius 2 is 2.04 bits per heavy atom. The van der Waals surface area contributed by atoms with Crippen molar-refractivity contribution in [3.63, 3.8) is 0 Å². The Balaban J connectivity index is 0.00000392. The van der Waals surface area contributed by atoms with Gasteiger partial charge in [0.25, 0.3) is 0 Å². The summed E-state index contributed by atoms with van der Waals surface area (Å²) in [6.07, 6.45) is 3.60. The number of likely N-dealkylation sites (tertiary alicyclic amines) is 1. The van der Waals surface area contributed by atoms with Gasteiger partial charge in [-0.1, -0.05) is 12.1 Å². The first-order valence-electron chi connectivity index (χ1n) is 10.1. The number of ether oxygens (including phenoxy) is 1. The molecule has 0 spiro atoms. The van der Waals surface area contributed by atoms with Gasteiger partial charge in [0.05, 0.1) is 6.61 Å². The Morgan fingerprint density at radius 1 is 1.29 bits per heavy atom. The molecule has 0 bridgehead atoms. The number of hydrogen-bond donors (Lipinski definition) is 2. The van der Waals surface area contributed by atoms with Crippen LogP contribution in [0, 0.1) is 5.92 Å². The highest BCUT2D eigenvalue weighted by molar-refractivity contribution is 14.0. The Morgan fingerprint density at radius 3 is 2.68 bits per heavy atom. The first-order valence-corrected chi connectivity index (χ1v) is 10.1. The number of nitrogens with zero attached hydrogens (tertiary/aromatic N) is 2. The van der Waals surface area contributed by atoms with Gasteiger partial charge in [-0.2, -0.15) is 0 Å². The van der Waals surface area contributed by atoms with E-state index in [0.29, 0.717) is 18.9 Å². The lowest BCUT2D eigenvalue weighted by Crippen LogP contribution is -2.46. The fraction of sp³-hybridized carbons (Fsp3) is 0.619. The van der Waals surface area contributed by atoms with Crippen molar-refractivity contribution in [2.24, 2.45) is 10.9 Å². The fourth-order valence-corrected chi connectivity index (χ4v) is 3.39. The molecule has 1 heterocycles. The van der Waals surface area contributed by atoms with Gasteiger partial charge in [0.15, 0.2) is 5.96 Å². The average Bonchev–Trinajstić information content (AvgIpc) is 2.68. The Bertz CT molecular complexity index is 616. The van der Waals surface area contributed by atoms with Crippen LogP contribution in [0.1, 0.15) is 38.7 Å². The molecule has 0 radical (unpaired) electrons. The van der Waals surface area contributed by atoms with E-state index in [1.807, 2.05) is 19.1 Å². The zero-order chi connectivity index (χ0) is 19.5. The molecule has 0 aliphatic carbocycles. The Kier molecular flexibility index (Phi) is 11.9. The number of halogens is 1. The molecular weight excluding hydrogens is 467 g/mol. The molecule has 0 aromatic heterocycles. The van der Waals surface area contributed by atoms with Crippen LogP contribution in [-0.2, 0) is 11.2 Å². The summed E-state index contributed by atoms with van der Waals surface area (Å²) in [5.74, 6) is 2.52. The molecule has 0 atom stereocenters. The van der Waals surface area contributed by atoms with E-state index in [4.69, 9.17) is 9.73 Å². The lowest BCUT2D eigenvalue weighted by Gasteiger charge is -2.34. The van der Waals surface area contributed by atoms with Crippen LogP contribution in [0.2, 0.25) is 0 Å². The number of guanidine groups is 1. The lowest BCUT2D eigenvalue weighted by atomic mass is 9.93. The highest BCUT2D eigenvalue weighted by Gasteiger charge is 2.22. The number of aliphatic imine (C=N–C) groups is 1. The van der Waals surface area contributed by atoms with Crippen LogP contribution in [0.25, 0.3) is 0 Å². The van der Waals surface area contributed by atoms with E-state index in [1.54, 1.807) is 7.05 Å². The van der Waals surface area contributed by atoms with E-state index in [-0.39, 0.29) is 29.9 Å². The van der Waals surface area contributed by atoms with Crippen LogP contribution in [0.15, 0.2) is 29.3 Å². The predicted octanol–water partition coefficient (Wildman–Crippen LogP) is 3.06. The first-order chi connectivity index (χ1) is 13.2. The molecule has 6 nitrogen and oxygen atoms in total. The largest absolute Gasteiger partial charge is 0.494 e. The summed E-state index contributed by atoms with van der Waals surface area (Å²) in [7, 11) is 1.71. The van der Waals surface area contributed by atoms with E-state index in [1.165, 1.54) is 5.56 Å². The first kappa shape index (κ1) is 24.5. The number of carbonyl (C=O) groups excluding carboxylic acids is 1. The van der Waals surface area contributed by atoms with Gasteiger partial charge in [0.1, 0.15) is 5.75 Å². The molecule has 1 saturated heterocycles. The van der Waals surface area contributed by atoms with E-state index in [9.17, 15) is 4.79 Å². The smallest absolute Gasteiger partial charge is 0.220 e. The molecular formula is C21H35IN4O2. The van der Waals surface area contributed by atoms with E-state index >= 15 is 0 Å². The average molecular weight is 502 g/mol. The summed E-state index contributed by atoms with van der Waals surface area (Å²) >= 11 is 0. The van der Waals surface area contributed by atoms with Crippen LogP contribution in [0.4, 0.5) is 0 Å². The third-order valence-electron chi connectivity index (χ3n) is 4.87. The highest BCUT2D eigenvalue weighted by Crippen LogP contribution is 2.20. The van der Waals surface area contributed by atoms with Crippen LogP contribution in [-0.4, -0.2) is 56.6 Å². The molecule has 28 heavy (non-hydrogen) atoms. The fourth-order valence-electron chi connectivity index (χ4n) is 3.39. The third kappa shape index (κ3) is 8.24. The van der Waals surface area contributed by atoms with Gasteiger partial charge in [0, 0.05) is 39.6 Å². The van der Waals surface area contributed by atoms with Gasteiger partial charge in [-0.25, -0.2) is 0 Å². The zero-order valence-electron chi connectivity index (χ0n) is 17.4. The van der Waals surface area contributed by atoms with Crippen molar-refractivity contribution in [1.82, 2.24) is 15.5 Å². The van der Waals surface area contributed by atoms with E-state index in [2.05, 4.69) is 34.6 Å². The number of piperidine rings is 1. The van der Waals surface area contributed by atoms with Crippen LogP contribution < -0.4 is 15.4 Å². The van der Waals surface area contributed by atoms with Crippen molar-refractivity contribution < 1.29 is 9.53 Å². The summed E-state index contributed by atoms with van der Waals surface area (Å²) in [5.41, 5.74) is 1.24. The van der Waals surface area contributed by atoms with Crippen molar-refractivity contribution in [2.75, 3.05) is 39.8 Å². The molecule has 1 aliphatic rings. The van der Waals surface area contributed by atoms with Crippen molar-refractivity contribution in [3.05, 3.63) is 29.8 Å². The van der Waals surface area contributed by atoms with Gasteiger partial charge < -0.3 is 20.3 Å². The quantitative estimate of drug-likeness (QED) is 0.326. The third-order valence-corrected chi connectivity index (χ3v) is 4.87. The normalized spacial score (nSPS) is 15.0. The number of carbonyl (C=O) groups is 1. The van der Waals surface area contributed by atoms with Crippen molar-refractivity contribution in [1.29, 1.82) is 0 Å². The summed E-state index contributed by atoms with van der Waals surface area (Å²) in [6.45, 7) is 8.28. The topological polar surface area (TPSA) is 66.0 Å². The number of amides is 1. The molecule has 1 amide bonds. The van der Waals surface area contributed by atoms with E-state index in [0.717, 1.165) is 57.2 Å². The molecule has 1 aliphatic heterocycles. The predicted molar refractivity (Wildman–Crippen MR) is 126 cm³/mol. The maximum atomic E-state index is 11.6. The number of benzene rings is 1. The van der Waals surface area contributed by atoms with Crippen LogP contribution in [0.5, 0.6) is 5.75 Å². The second-order valence-corrected chi connectivity index (χ2v) is 6.87. The minimum atomic E-state index is 0. The molecule has 158 valence electrons. The SMILES string of the molecule is CCNC(=NCCc1cccc(OCC)c1)N1CCC(CC(=O)NC)CC1.I. The monoisotopic (exact) mass is 502 g/mol. The molecule has 2 N–H and O–H groups in total. The van der Waals surface area contributed by atoms with E-state index < -0.39 is 0 Å². The summed E-state index contributed by atoms with van der Waals surface area (Å²) in [5, 5.41) is 6.13. The second kappa shape index (κ2) is 13.6. The van der Waals surface area contributed by atoms with Crippen molar-refractivity contribution in [3.8, 4) is 5.75 Å². The summed E-state index contributed by atoms with van der Waals surface area (Å²) < 4.78 is 5.57. The molecule has 1 aromatic carbocycles.